The summed E-state index contributed by atoms with van der Waals surface area (Å²) in [4.78, 5) is 14.8. The number of carbonyl (C=O) groups is 1. The first kappa shape index (κ1) is 19.1. The Kier molecular flexibility index (Phi) is 7.29. The zero-order chi connectivity index (χ0) is 18.2. The Hall–Kier alpha value is -1.63. The molecule has 1 aromatic rings. The van der Waals surface area contributed by atoms with Gasteiger partial charge in [-0.05, 0) is 30.5 Å². The van der Waals surface area contributed by atoms with Crippen molar-refractivity contribution in [2.45, 2.75) is 25.3 Å². The van der Waals surface area contributed by atoms with Crippen LogP contribution in [0.3, 0.4) is 0 Å². The number of morpholine rings is 1. The molecular weight excluding hydrogens is 332 g/mol. The lowest BCUT2D eigenvalue weighted by atomic mass is 9.96. The van der Waals surface area contributed by atoms with Gasteiger partial charge in [-0.1, -0.05) is 12.1 Å². The maximum atomic E-state index is 12.3. The largest absolute Gasteiger partial charge is 0.497 e. The molecule has 6 heteroatoms. The van der Waals surface area contributed by atoms with Crippen LogP contribution >= 0.6 is 0 Å². The maximum absolute atomic E-state index is 12.3. The first-order valence-electron chi connectivity index (χ1n) is 9.55. The molecule has 2 aliphatic rings. The second-order valence-electron chi connectivity index (χ2n) is 6.99. The molecule has 1 N–H and O–H groups in total. The number of benzene rings is 1. The Balaban J connectivity index is 1.46. The van der Waals surface area contributed by atoms with Crippen molar-refractivity contribution in [3.63, 3.8) is 0 Å². The van der Waals surface area contributed by atoms with Crippen LogP contribution in [0.25, 0.3) is 0 Å². The molecular formula is C20H30N2O4. The van der Waals surface area contributed by atoms with E-state index in [4.69, 9.17) is 14.2 Å². The number of nitrogens with one attached hydrogen (secondary N) is 1. The number of methoxy groups -OCH3 is 1. The summed E-state index contributed by atoms with van der Waals surface area (Å²) in [5, 5.41) is 3.15. The Bertz CT molecular complexity index is 551. The molecule has 1 amide bonds. The van der Waals surface area contributed by atoms with Gasteiger partial charge in [0.25, 0.3) is 0 Å². The van der Waals surface area contributed by atoms with Crippen molar-refractivity contribution in [3.8, 4) is 5.75 Å². The average Bonchev–Trinajstić information content (AvgIpc) is 3.22. The SMILES string of the molecule is COc1ccc(CCC(=O)NCC(C2CCOC2)N2CCOCC2)cc1. The summed E-state index contributed by atoms with van der Waals surface area (Å²) in [6, 6.07) is 8.23. The first-order valence-corrected chi connectivity index (χ1v) is 9.55. The van der Waals surface area contributed by atoms with Crippen LogP contribution in [0, 0.1) is 5.92 Å². The lowest BCUT2D eigenvalue weighted by Gasteiger charge is -2.37. The molecule has 2 heterocycles. The molecule has 2 fully saturated rings. The van der Waals surface area contributed by atoms with Crippen LogP contribution in [0.4, 0.5) is 0 Å². The van der Waals surface area contributed by atoms with Gasteiger partial charge in [0.15, 0.2) is 0 Å². The number of nitrogens with zero attached hydrogens (tertiary/aromatic N) is 1. The van der Waals surface area contributed by atoms with E-state index in [1.54, 1.807) is 7.11 Å². The lowest BCUT2D eigenvalue weighted by molar-refractivity contribution is -0.121. The molecule has 26 heavy (non-hydrogen) atoms. The van der Waals surface area contributed by atoms with Crippen LogP contribution in [-0.4, -0.2) is 70.0 Å². The van der Waals surface area contributed by atoms with E-state index in [9.17, 15) is 4.79 Å². The number of carbonyl (C=O) groups excluding carboxylic acids is 1. The van der Waals surface area contributed by atoms with E-state index >= 15 is 0 Å². The Morgan fingerprint density at radius 1 is 1.23 bits per heavy atom. The number of amides is 1. The van der Waals surface area contributed by atoms with Crippen molar-refractivity contribution in [2.24, 2.45) is 5.92 Å². The predicted octanol–water partition coefficient (Wildman–Crippen LogP) is 1.48. The minimum Gasteiger partial charge on any atom is -0.497 e. The highest BCUT2D eigenvalue weighted by Crippen LogP contribution is 2.22. The molecule has 2 unspecified atom stereocenters. The molecule has 0 radical (unpaired) electrons. The Morgan fingerprint density at radius 3 is 2.65 bits per heavy atom. The second kappa shape index (κ2) is 9.90. The predicted molar refractivity (Wildman–Crippen MR) is 99.4 cm³/mol. The maximum Gasteiger partial charge on any atom is 0.220 e. The van der Waals surface area contributed by atoms with Crippen molar-refractivity contribution in [2.75, 3.05) is 53.2 Å². The van der Waals surface area contributed by atoms with Gasteiger partial charge in [0.2, 0.25) is 5.91 Å². The summed E-state index contributed by atoms with van der Waals surface area (Å²) in [6.07, 6.45) is 2.32. The van der Waals surface area contributed by atoms with E-state index in [-0.39, 0.29) is 5.91 Å². The van der Waals surface area contributed by atoms with Crippen molar-refractivity contribution in [1.29, 1.82) is 0 Å². The molecule has 3 rings (SSSR count). The van der Waals surface area contributed by atoms with Crippen LogP contribution in [0.5, 0.6) is 5.75 Å². The van der Waals surface area contributed by atoms with E-state index in [1.807, 2.05) is 24.3 Å². The molecule has 0 aliphatic carbocycles. The summed E-state index contributed by atoms with van der Waals surface area (Å²) < 4.78 is 16.2. The normalized spacial score (nSPS) is 22.1. The van der Waals surface area contributed by atoms with Gasteiger partial charge in [0, 0.05) is 44.6 Å². The summed E-state index contributed by atoms with van der Waals surface area (Å²) in [5.41, 5.74) is 1.15. The zero-order valence-corrected chi connectivity index (χ0v) is 15.6. The minimum absolute atomic E-state index is 0.109. The standard InChI is InChI=1S/C20H30N2O4/c1-24-18-5-2-16(3-6-18)4-7-20(23)21-14-19(17-8-11-26-15-17)22-9-12-25-13-10-22/h2-3,5-6,17,19H,4,7-15H2,1H3,(H,21,23). The van der Waals surface area contributed by atoms with Crippen LogP contribution in [0.15, 0.2) is 24.3 Å². The van der Waals surface area contributed by atoms with Crippen LogP contribution in [-0.2, 0) is 20.7 Å². The molecule has 1 aromatic carbocycles. The third-order valence-electron chi connectivity index (χ3n) is 5.33. The van der Waals surface area contributed by atoms with Crippen molar-refractivity contribution >= 4 is 5.91 Å². The van der Waals surface area contributed by atoms with Gasteiger partial charge < -0.3 is 19.5 Å². The van der Waals surface area contributed by atoms with Gasteiger partial charge in [-0.15, -0.1) is 0 Å². The van der Waals surface area contributed by atoms with Crippen molar-refractivity contribution in [3.05, 3.63) is 29.8 Å². The summed E-state index contributed by atoms with van der Waals surface area (Å²) in [5.74, 6) is 1.44. The fourth-order valence-corrected chi connectivity index (χ4v) is 3.72. The highest BCUT2D eigenvalue weighted by Gasteiger charge is 2.31. The summed E-state index contributed by atoms with van der Waals surface area (Å²) >= 11 is 0. The van der Waals surface area contributed by atoms with Crippen LogP contribution < -0.4 is 10.1 Å². The molecule has 6 nitrogen and oxygen atoms in total. The monoisotopic (exact) mass is 362 g/mol. The lowest BCUT2D eigenvalue weighted by Crippen LogP contribution is -2.52. The second-order valence-corrected chi connectivity index (χ2v) is 6.99. The summed E-state index contributed by atoms with van der Waals surface area (Å²) in [6.45, 7) is 5.73. The highest BCUT2D eigenvalue weighted by atomic mass is 16.5. The molecule has 0 saturated carbocycles. The molecule has 2 saturated heterocycles. The fourth-order valence-electron chi connectivity index (χ4n) is 3.72. The quantitative estimate of drug-likeness (QED) is 0.759. The molecule has 0 spiro atoms. The smallest absolute Gasteiger partial charge is 0.220 e. The average molecular weight is 362 g/mol. The molecule has 2 aliphatic heterocycles. The van der Waals surface area contributed by atoms with E-state index in [0.717, 1.165) is 63.7 Å². The number of hydrogen-bond acceptors (Lipinski definition) is 5. The van der Waals surface area contributed by atoms with Gasteiger partial charge in [0.05, 0.1) is 26.9 Å². The van der Waals surface area contributed by atoms with Crippen molar-refractivity contribution in [1.82, 2.24) is 10.2 Å². The number of aryl methyl sites for hydroxylation is 1. The molecule has 144 valence electrons. The third kappa shape index (κ3) is 5.43. The third-order valence-corrected chi connectivity index (χ3v) is 5.33. The Labute approximate surface area is 155 Å². The van der Waals surface area contributed by atoms with Gasteiger partial charge in [-0.3, -0.25) is 9.69 Å². The number of rotatable bonds is 8. The van der Waals surface area contributed by atoms with E-state index < -0.39 is 0 Å². The van der Waals surface area contributed by atoms with Gasteiger partial charge in [-0.2, -0.15) is 0 Å². The minimum atomic E-state index is 0.109. The fraction of sp³-hybridized carbons (Fsp3) is 0.650. The highest BCUT2D eigenvalue weighted by molar-refractivity contribution is 5.76. The molecule has 0 aromatic heterocycles. The first-order chi connectivity index (χ1) is 12.8. The topological polar surface area (TPSA) is 60.0 Å². The van der Waals surface area contributed by atoms with Gasteiger partial charge in [0.1, 0.15) is 5.75 Å². The zero-order valence-electron chi connectivity index (χ0n) is 15.6. The van der Waals surface area contributed by atoms with Crippen molar-refractivity contribution < 1.29 is 19.0 Å². The number of ether oxygens (including phenoxy) is 3. The van der Waals surface area contributed by atoms with Crippen LogP contribution in [0.2, 0.25) is 0 Å². The van der Waals surface area contributed by atoms with E-state index in [0.29, 0.717) is 24.9 Å². The number of hydrogen-bond donors (Lipinski definition) is 1. The van der Waals surface area contributed by atoms with Gasteiger partial charge in [-0.25, -0.2) is 0 Å². The van der Waals surface area contributed by atoms with E-state index in [1.165, 1.54) is 0 Å². The molecule has 0 bridgehead atoms. The molecule has 2 atom stereocenters. The van der Waals surface area contributed by atoms with Gasteiger partial charge >= 0.3 is 0 Å². The Morgan fingerprint density at radius 2 is 2.00 bits per heavy atom. The summed E-state index contributed by atoms with van der Waals surface area (Å²) in [7, 11) is 1.66. The van der Waals surface area contributed by atoms with Crippen LogP contribution in [0.1, 0.15) is 18.4 Å². The van der Waals surface area contributed by atoms with E-state index in [2.05, 4.69) is 10.2 Å².